The molecule has 0 fully saturated rings. The third-order valence-corrected chi connectivity index (χ3v) is 5.37. The van der Waals surface area contributed by atoms with Crippen molar-refractivity contribution in [2.45, 2.75) is 40.3 Å². The lowest BCUT2D eigenvalue weighted by Gasteiger charge is -2.19. The van der Waals surface area contributed by atoms with Crippen molar-refractivity contribution < 1.29 is 9.53 Å². The van der Waals surface area contributed by atoms with Crippen LogP contribution in [0.15, 0.2) is 30.5 Å². The van der Waals surface area contributed by atoms with E-state index < -0.39 is 5.91 Å². The summed E-state index contributed by atoms with van der Waals surface area (Å²) in [6.45, 7) is 11.1. The summed E-state index contributed by atoms with van der Waals surface area (Å²) in [6.07, 6.45) is 1.95. The highest BCUT2D eigenvalue weighted by Crippen LogP contribution is 2.31. The normalized spacial score (nSPS) is 11.4. The molecule has 7 nitrogen and oxygen atoms in total. The Morgan fingerprint density at radius 1 is 1.23 bits per heavy atom. The zero-order valence-electron chi connectivity index (χ0n) is 17.9. The van der Waals surface area contributed by atoms with Crippen LogP contribution in [0.5, 0.6) is 0 Å². The van der Waals surface area contributed by atoms with Crippen molar-refractivity contribution in [2.24, 2.45) is 5.73 Å². The smallest absolute Gasteiger partial charge is 0.250 e. The fourth-order valence-corrected chi connectivity index (χ4v) is 3.72. The van der Waals surface area contributed by atoms with Gasteiger partial charge in [-0.1, -0.05) is 11.6 Å². The lowest BCUT2D eigenvalue weighted by Crippen LogP contribution is -2.22. The lowest BCUT2D eigenvalue weighted by atomic mass is 10.2. The molecule has 0 spiro atoms. The largest absolute Gasteiger partial charge is 0.377 e. The second kappa shape index (κ2) is 9.45. The van der Waals surface area contributed by atoms with Crippen LogP contribution in [0, 0.1) is 0 Å². The van der Waals surface area contributed by atoms with Gasteiger partial charge in [0.25, 0.3) is 0 Å². The van der Waals surface area contributed by atoms with E-state index in [0.717, 1.165) is 35.8 Å². The summed E-state index contributed by atoms with van der Waals surface area (Å²) in [5.74, 6) is 1.06. The maximum atomic E-state index is 11.7. The molecule has 0 unspecified atom stereocenters. The minimum Gasteiger partial charge on any atom is -0.377 e. The zero-order valence-corrected chi connectivity index (χ0v) is 18.6. The van der Waals surface area contributed by atoms with E-state index in [1.54, 1.807) is 6.07 Å². The van der Waals surface area contributed by atoms with Gasteiger partial charge in [0.05, 0.1) is 28.8 Å². The number of amides is 1. The highest BCUT2D eigenvalue weighted by Gasteiger charge is 2.19. The Bertz CT molecular complexity index is 1030. The topological polar surface area (TPSA) is 86.3 Å². The monoisotopic (exact) mass is 429 g/mol. The van der Waals surface area contributed by atoms with Gasteiger partial charge in [-0.25, -0.2) is 9.97 Å². The number of hydrogen-bond donors (Lipinski definition) is 1. The quantitative estimate of drug-likeness (QED) is 0.552. The zero-order chi connectivity index (χ0) is 21.8. The summed E-state index contributed by atoms with van der Waals surface area (Å²) >= 11 is 6.47. The molecule has 1 aromatic carbocycles. The number of primary amides is 1. The van der Waals surface area contributed by atoms with Crippen LogP contribution in [-0.4, -0.2) is 46.2 Å². The average molecular weight is 430 g/mol. The van der Waals surface area contributed by atoms with E-state index in [1.807, 2.05) is 42.8 Å². The number of aromatic nitrogens is 3. The van der Waals surface area contributed by atoms with Gasteiger partial charge in [-0.15, -0.1) is 0 Å². The molecule has 0 bridgehead atoms. The van der Waals surface area contributed by atoms with Crippen LogP contribution in [0.2, 0.25) is 5.02 Å². The van der Waals surface area contributed by atoms with E-state index in [4.69, 9.17) is 27.1 Å². The number of halogens is 1. The highest BCUT2D eigenvalue weighted by molar-refractivity contribution is 6.38. The van der Waals surface area contributed by atoms with Crippen LogP contribution in [0.3, 0.4) is 0 Å². The van der Waals surface area contributed by atoms with Crippen molar-refractivity contribution in [1.82, 2.24) is 14.5 Å². The third-order valence-electron chi connectivity index (χ3n) is 4.98. The third kappa shape index (κ3) is 4.42. The molecule has 2 heterocycles. The first-order valence-corrected chi connectivity index (χ1v) is 10.6. The first-order chi connectivity index (χ1) is 14.4. The first kappa shape index (κ1) is 22.1. The van der Waals surface area contributed by atoms with Gasteiger partial charge < -0.3 is 19.9 Å². The number of hydrogen-bond acceptors (Lipinski definition) is 5. The molecule has 0 atom stereocenters. The Balaban J connectivity index is 2.09. The molecular weight excluding hydrogens is 402 g/mol. The molecule has 0 aliphatic heterocycles. The van der Waals surface area contributed by atoms with Crippen molar-refractivity contribution >= 4 is 34.4 Å². The summed E-state index contributed by atoms with van der Waals surface area (Å²) in [7, 11) is 0. The molecule has 3 aromatic rings. The Labute approximate surface area is 181 Å². The van der Waals surface area contributed by atoms with Crippen molar-refractivity contribution in [3.8, 4) is 11.4 Å². The number of benzene rings is 1. The van der Waals surface area contributed by atoms with E-state index in [0.29, 0.717) is 18.7 Å². The van der Waals surface area contributed by atoms with Crippen molar-refractivity contribution in [1.29, 1.82) is 0 Å². The number of ether oxygens (including phenoxy) is 1. The summed E-state index contributed by atoms with van der Waals surface area (Å²) < 4.78 is 7.79. The van der Waals surface area contributed by atoms with E-state index in [1.165, 1.54) is 0 Å². The number of imidazole rings is 1. The van der Waals surface area contributed by atoms with E-state index in [9.17, 15) is 4.79 Å². The molecule has 0 saturated heterocycles. The van der Waals surface area contributed by atoms with Crippen LogP contribution in [-0.2, 0) is 11.3 Å². The van der Waals surface area contributed by atoms with Crippen molar-refractivity contribution in [3.05, 3.63) is 41.0 Å². The fraction of sp³-hybridized carbons (Fsp3) is 0.409. The number of carbonyl (C=O) groups is 1. The molecule has 2 N–H and O–H groups in total. The molecule has 160 valence electrons. The van der Waals surface area contributed by atoms with E-state index >= 15 is 0 Å². The lowest BCUT2D eigenvalue weighted by molar-refractivity contribution is 0.0735. The van der Waals surface area contributed by atoms with Crippen LogP contribution < -0.4 is 10.6 Å². The van der Waals surface area contributed by atoms with Gasteiger partial charge in [-0.05, 0) is 52.0 Å². The Morgan fingerprint density at radius 2 is 1.97 bits per heavy atom. The van der Waals surface area contributed by atoms with Gasteiger partial charge >= 0.3 is 0 Å². The van der Waals surface area contributed by atoms with E-state index in [-0.39, 0.29) is 16.7 Å². The molecule has 2 aromatic heterocycles. The van der Waals surface area contributed by atoms with Crippen molar-refractivity contribution in [2.75, 3.05) is 24.6 Å². The second-order valence-electron chi connectivity index (χ2n) is 7.24. The number of pyridine rings is 1. The minimum absolute atomic E-state index is 0.128. The molecule has 0 saturated carbocycles. The molecule has 0 aliphatic rings. The molecule has 0 radical (unpaired) electrons. The van der Waals surface area contributed by atoms with Crippen LogP contribution in [0.25, 0.3) is 22.4 Å². The standard InChI is InChI=1S/C22H28ClN5O2/c1-5-27(6-2)18-10-7-15(13-25-18)22-26-20-17(28(22)11-12-30-14(3)4)9-8-16(19(20)23)21(24)29/h7-10,13-14H,5-6,11-12H2,1-4H3,(H2,24,29). The predicted molar refractivity (Wildman–Crippen MR) is 121 cm³/mol. The SMILES string of the molecule is CCN(CC)c1ccc(-c2nc3c(Cl)c(C(N)=O)ccc3n2CCOC(C)C)cn1. The van der Waals surface area contributed by atoms with Crippen LogP contribution >= 0.6 is 11.6 Å². The summed E-state index contributed by atoms with van der Waals surface area (Å²) in [4.78, 5) is 23.3. The molecule has 0 aliphatic carbocycles. The molecule has 1 amide bonds. The van der Waals surface area contributed by atoms with Crippen LogP contribution in [0.1, 0.15) is 38.1 Å². The van der Waals surface area contributed by atoms with Crippen LogP contribution in [0.4, 0.5) is 5.82 Å². The maximum absolute atomic E-state index is 11.7. The number of nitrogens with two attached hydrogens (primary N) is 1. The maximum Gasteiger partial charge on any atom is 0.250 e. The van der Waals surface area contributed by atoms with Gasteiger partial charge in [0.15, 0.2) is 0 Å². The highest BCUT2D eigenvalue weighted by atomic mass is 35.5. The Kier molecular flexibility index (Phi) is 6.95. The first-order valence-electron chi connectivity index (χ1n) is 10.2. The van der Waals surface area contributed by atoms with Gasteiger partial charge in [0.2, 0.25) is 5.91 Å². The Hall–Kier alpha value is -2.64. The molecule has 8 heteroatoms. The van der Waals surface area contributed by atoms with Crippen molar-refractivity contribution in [3.63, 3.8) is 0 Å². The fourth-order valence-electron chi connectivity index (χ4n) is 3.43. The molecule has 3 rings (SSSR count). The number of fused-ring (bicyclic) bond motifs is 1. The minimum atomic E-state index is -0.577. The second-order valence-corrected chi connectivity index (χ2v) is 7.62. The van der Waals surface area contributed by atoms with Gasteiger partial charge in [0.1, 0.15) is 17.2 Å². The summed E-state index contributed by atoms with van der Waals surface area (Å²) in [5.41, 5.74) is 7.94. The predicted octanol–water partition coefficient (Wildman–Crippen LogP) is 4.12. The Morgan fingerprint density at radius 3 is 2.53 bits per heavy atom. The number of nitrogens with zero attached hydrogens (tertiary/aromatic N) is 4. The van der Waals surface area contributed by atoms with Gasteiger partial charge in [-0.3, -0.25) is 4.79 Å². The number of carbonyl (C=O) groups excluding carboxylic acids is 1. The number of anilines is 1. The molecule has 30 heavy (non-hydrogen) atoms. The van der Waals surface area contributed by atoms with Gasteiger partial charge in [-0.2, -0.15) is 0 Å². The van der Waals surface area contributed by atoms with Gasteiger partial charge in [0, 0.05) is 31.4 Å². The van der Waals surface area contributed by atoms with E-state index in [2.05, 4.69) is 23.7 Å². The summed E-state index contributed by atoms with van der Waals surface area (Å²) in [6, 6.07) is 7.46. The number of rotatable bonds is 9. The average Bonchev–Trinajstić information content (AvgIpc) is 3.09. The molecular formula is C22H28ClN5O2. The summed E-state index contributed by atoms with van der Waals surface area (Å²) in [5, 5.41) is 0.262.